The fourth-order valence-electron chi connectivity index (χ4n) is 12.3. The van der Waals surface area contributed by atoms with Gasteiger partial charge in [-0.3, -0.25) is 37.3 Å². The molecule has 602 valence electrons. The normalized spacial score (nSPS) is 14.0. The van der Waals surface area contributed by atoms with Gasteiger partial charge in [-0.1, -0.05) is 361 Å². The number of aliphatic hydroxyl groups is 1. The van der Waals surface area contributed by atoms with Crippen molar-refractivity contribution in [1.29, 1.82) is 0 Å². The minimum atomic E-state index is -4.97. The number of rotatable bonds is 80. The lowest BCUT2D eigenvalue weighted by molar-refractivity contribution is -0.161. The first kappa shape index (κ1) is 99.5. The zero-order valence-corrected chi connectivity index (χ0v) is 68.2. The maximum absolute atomic E-state index is 13.1. The summed E-state index contributed by atoms with van der Waals surface area (Å²) in [5.41, 5.74) is 0. The van der Waals surface area contributed by atoms with E-state index in [0.717, 1.165) is 115 Å². The van der Waals surface area contributed by atoms with Crippen molar-refractivity contribution < 1.29 is 80.2 Å². The molecule has 2 unspecified atom stereocenters. The maximum Gasteiger partial charge on any atom is 0.472 e. The molecule has 3 N–H and O–H groups in total. The fraction of sp³-hybridized carbons (Fsp3) is 0.904. The second-order valence-corrected chi connectivity index (χ2v) is 33.0. The van der Waals surface area contributed by atoms with Crippen LogP contribution in [0.15, 0.2) is 24.3 Å². The zero-order chi connectivity index (χ0) is 74.9. The van der Waals surface area contributed by atoms with Crippen LogP contribution in [0.2, 0.25) is 0 Å². The van der Waals surface area contributed by atoms with Crippen LogP contribution in [-0.4, -0.2) is 96.7 Å². The maximum atomic E-state index is 13.1. The number of aliphatic hydroxyl groups excluding tert-OH is 1. The summed E-state index contributed by atoms with van der Waals surface area (Å²) in [7, 11) is -9.93. The number of carbonyl (C=O) groups is 4. The van der Waals surface area contributed by atoms with Crippen LogP contribution >= 0.6 is 15.6 Å². The van der Waals surface area contributed by atoms with Crippen LogP contribution in [0.1, 0.15) is 414 Å². The van der Waals surface area contributed by atoms with E-state index in [1.54, 1.807) is 0 Å². The van der Waals surface area contributed by atoms with Gasteiger partial charge in [0.25, 0.3) is 0 Å². The van der Waals surface area contributed by atoms with Gasteiger partial charge in [-0.05, 0) is 63.2 Å². The Kier molecular flexibility index (Phi) is 72.2. The van der Waals surface area contributed by atoms with Gasteiger partial charge in [-0.25, -0.2) is 9.13 Å². The molecule has 17 nitrogen and oxygen atoms in total. The van der Waals surface area contributed by atoms with Crippen LogP contribution in [0.25, 0.3) is 0 Å². The van der Waals surface area contributed by atoms with Gasteiger partial charge < -0.3 is 33.8 Å². The molecule has 0 aliphatic carbocycles. The minimum absolute atomic E-state index is 0.0853. The van der Waals surface area contributed by atoms with Crippen molar-refractivity contribution >= 4 is 39.5 Å². The Hall–Kier alpha value is -2.46. The van der Waals surface area contributed by atoms with Crippen molar-refractivity contribution in [2.45, 2.75) is 432 Å². The Morgan fingerprint density at radius 2 is 0.529 bits per heavy atom. The summed E-state index contributed by atoms with van der Waals surface area (Å²) in [6.45, 7) is 9.63. The van der Waals surface area contributed by atoms with Crippen LogP contribution in [-0.2, 0) is 65.4 Å². The van der Waals surface area contributed by atoms with Crippen LogP contribution in [0, 0.1) is 11.8 Å². The monoisotopic (exact) mass is 1490 g/mol. The largest absolute Gasteiger partial charge is 0.472 e. The SMILES string of the molecule is CCCCCC/C=C\C=C/CCCCCCCC(=O)O[C@H](COC(=O)CCCCCCCCCCCC)COP(=O)(O)OC[C@H](O)COP(=O)(O)OC[C@@H](COC(=O)CCCCCCCCCCCCCCCCCC(C)C)OC(=O)CCCCCCCCCCCCCCCCCCC(C)C. The molecule has 0 saturated carbocycles. The second-order valence-electron chi connectivity index (χ2n) is 30.1. The quantitative estimate of drug-likeness (QED) is 0.0169. The first-order chi connectivity index (χ1) is 49.4. The van der Waals surface area contributed by atoms with E-state index in [9.17, 15) is 43.2 Å². The van der Waals surface area contributed by atoms with Gasteiger partial charge in [0.05, 0.1) is 26.4 Å². The summed E-state index contributed by atoms with van der Waals surface area (Å²) in [6, 6.07) is 0. The van der Waals surface area contributed by atoms with Gasteiger partial charge in [-0.2, -0.15) is 0 Å². The van der Waals surface area contributed by atoms with Gasteiger partial charge in [0.2, 0.25) is 0 Å². The Morgan fingerprint density at radius 1 is 0.304 bits per heavy atom. The van der Waals surface area contributed by atoms with Gasteiger partial charge in [0, 0.05) is 25.7 Å². The number of phosphoric ester groups is 2. The number of unbranched alkanes of at least 4 members (excludes halogenated alkanes) is 47. The summed E-state index contributed by atoms with van der Waals surface area (Å²) >= 11 is 0. The van der Waals surface area contributed by atoms with Crippen LogP contribution in [0.5, 0.6) is 0 Å². The molecule has 0 heterocycles. The number of phosphoric acid groups is 2. The summed E-state index contributed by atoms with van der Waals surface area (Å²) < 4.78 is 68.7. The lowest BCUT2D eigenvalue weighted by atomic mass is 10.0. The average Bonchev–Trinajstić information content (AvgIpc) is 0.912. The number of hydrogen-bond donors (Lipinski definition) is 3. The topological polar surface area (TPSA) is 237 Å². The van der Waals surface area contributed by atoms with Crippen LogP contribution in [0.4, 0.5) is 0 Å². The molecule has 5 atom stereocenters. The highest BCUT2D eigenvalue weighted by Gasteiger charge is 2.30. The average molecular weight is 1490 g/mol. The van der Waals surface area contributed by atoms with E-state index < -0.39 is 97.5 Å². The lowest BCUT2D eigenvalue weighted by Crippen LogP contribution is -2.30. The van der Waals surface area contributed by atoms with Gasteiger partial charge >= 0.3 is 39.5 Å². The summed E-state index contributed by atoms with van der Waals surface area (Å²) in [4.78, 5) is 73.1. The minimum Gasteiger partial charge on any atom is -0.462 e. The van der Waals surface area contributed by atoms with Crippen molar-refractivity contribution in [3.05, 3.63) is 24.3 Å². The molecule has 19 heteroatoms. The number of ether oxygens (including phenoxy) is 4. The Balaban J connectivity index is 5.27. The molecule has 0 aliphatic rings. The number of hydrogen-bond acceptors (Lipinski definition) is 15. The molecule has 0 aromatic rings. The summed E-state index contributed by atoms with van der Waals surface area (Å²) in [6.07, 6.45) is 67.4. The van der Waals surface area contributed by atoms with Crippen molar-refractivity contribution in [2.75, 3.05) is 39.6 Å². The van der Waals surface area contributed by atoms with E-state index in [2.05, 4.69) is 65.8 Å². The molecular weight excluding hydrogens is 1330 g/mol. The van der Waals surface area contributed by atoms with Gasteiger partial charge in [-0.15, -0.1) is 0 Å². The summed E-state index contributed by atoms with van der Waals surface area (Å²) in [5.74, 6) is -0.523. The number of allylic oxidation sites excluding steroid dienone is 4. The summed E-state index contributed by atoms with van der Waals surface area (Å²) in [5, 5.41) is 10.6. The number of carbonyl (C=O) groups excluding carboxylic acids is 4. The van der Waals surface area contributed by atoms with Crippen molar-refractivity contribution in [3.8, 4) is 0 Å². The Bertz CT molecular complexity index is 2050. The second kappa shape index (κ2) is 74.0. The molecule has 0 amide bonds. The third kappa shape index (κ3) is 75.8. The van der Waals surface area contributed by atoms with Crippen molar-refractivity contribution in [3.63, 3.8) is 0 Å². The van der Waals surface area contributed by atoms with Gasteiger partial charge in [0.15, 0.2) is 12.2 Å². The third-order valence-corrected chi connectivity index (χ3v) is 20.7. The van der Waals surface area contributed by atoms with Crippen molar-refractivity contribution in [2.24, 2.45) is 11.8 Å². The highest BCUT2D eigenvalue weighted by Crippen LogP contribution is 2.45. The van der Waals surface area contributed by atoms with E-state index in [1.165, 1.54) is 218 Å². The van der Waals surface area contributed by atoms with E-state index >= 15 is 0 Å². The fourth-order valence-corrected chi connectivity index (χ4v) is 13.9. The zero-order valence-electron chi connectivity index (χ0n) is 66.4. The Morgan fingerprint density at radius 3 is 0.804 bits per heavy atom. The third-order valence-electron chi connectivity index (χ3n) is 18.8. The first-order valence-corrected chi connectivity index (χ1v) is 45.3. The molecule has 0 spiro atoms. The van der Waals surface area contributed by atoms with E-state index in [-0.39, 0.29) is 25.7 Å². The highest BCUT2D eigenvalue weighted by atomic mass is 31.2. The van der Waals surface area contributed by atoms with Crippen LogP contribution < -0.4 is 0 Å². The van der Waals surface area contributed by atoms with E-state index in [1.807, 2.05) is 0 Å². The molecule has 0 aromatic carbocycles. The molecule has 102 heavy (non-hydrogen) atoms. The molecule has 0 aromatic heterocycles. The number of esters is 4. The molecule has 0 rings (SSSR count). The molecular formula is C83H158O17P2. The van der Waals surface area contributed by atoms with E-state index in [4.69, 9.17) is 37.0 Å². The predicted octanol–water partition coefficient (Wildman–Crippen LogP) is 24.6. The standard InChI is InChI=1S/C83H158O17P2/c1-7-9-11-13-15-17-19-20-24-32-37-43-49-55-61-67-82(87)99-78(71-93-80(85)65-59-53-47-41-18-16-14-12-10-8-2)73-97-101(89,90)95-69-77(84)70-96-102(91,92)98-74-79(72-94-81(86)66-60-54-48-42-36-31-28-23-26-30-35-40-46-52-58-64-76(5)6)100-83(88)68-62-56-50-44-38-33-27-22-21-25-29-34-39-45-51-57-63-75(3)4/h17,19-20,24,75-79,84H,7-16,18,21-23,25-74H2,1-6H3,(H,89,90)(H,91,92)/b19-17-,24-20-/t77-,78+,79+/m0/s1. The van der Waals surface area contributed by atoms with E-state index in [0.29, 0.717) is 25.7 Å². The molecule has 0 radical (unpaired) electrons. The molecule has 0 aliphatic heterocycles. The molecule has 0 saturated heterocycles. The van der Waals surface area contributed by atoms with Crippen molar-refractivity contribution in [1.82, 2.24) is 0 Å². The molecule has 0 fully saturated rings. The molecule has 0 bridgehead atoms. The first-order valence-electron chi connectivity index (χ1n) is 42.3. The van der Waals surface area contributed by atoms with Gasteiger partial charge in [0.1, 0.15) is 19.3 Å². The highest BCUT2D eigenvalue weighted by molar-refractivity contribution is 7.47. The smallest absolute Gasteiger partial charge is 0.462 e. The Labute approximate surface area is 624 Å². The van der Waals surface area contributed by atoms with Crippen LogP contribution in [0.3, 0.4) is 0 Å². The predicted molar refractivity (Wildman–Crippen MR) is 418 cm³/mol. The lowest BCUT2D eigenvalue weighted by Gasteiger charge is -2.21.